The molecule has 0 spiro atoms. The molecule has 56 valence electrons. The molecule has 0 bridgehead atoms. The average molecular weight is 168 g/mol. The number of carbonyl (C=O) groups is 3. The Balaban J connectivity index is 0. The van der Waals surface area contributed by atoms with Crippen LogP contribution in [0.25, 0.3) is 0 Å². The van der Waals surface area contributed by atoms with Crippen molar-refractivity contribution in [1.82, 2.24) is 0 Å². The van der Waals surface area contributed by atoms with E-state index in [4.69, 9.17) is 0 Å². The Morgan fingerprint density at radius 2 is 1.91 bits per heavy atom. The molecule has 0 amide bonds. The van der Waals surface area contributed by atoms with Crippen LogP contribution in [-0.2, 0) is 19.1 Å². The minimum absolute atomic E-state index is 0. The summed E-state index contributed by atoms with van der Waals surface area (Å²) in [6.45, 7) is -0.0440. The molecule has 0 saturated carbocycles. The Morgan fingerprint density at radius 3 is 2.27 bits per heavy atom. The molecule has 0 fully saturated rings. The summed E-state index contributed by atoms with van der Waals surface area (Å²) in [4.78, 5) is 29.4. The number of aliphatic carboxylic acids is 1. The van der Waals surface area contributed by atoms with E-state index < -0.39 is 18.4 Å². The van der Waals surface area contributed by atoms with E-state index in [1.807, 2.05) is 0 Å². The maximum absolute atomic E-state index is 10.2. The van der Waals surface area contributed by atoms with Gasteiger partial charge in [-0.15, -0.1) is 0 Å². The van der Waals surface area contributed by atoms with Gasteiger partial charge in [0.2, 0.25) is 0 Å². The zero-order chi connectivity index (χ0) is 7.98. The van der Waals surface area contributed by atoms with Crippen molar-refractivity contribution in [2.75, 3.05) is 0 Å². The van der Waals surface area contributed by atoms with E-state index in [0.717, 1.165) is 0 Å². The summed E-state index contributed by atoms with van der Waals surface area (Å²) in [6, 6.07) is 0. The molecule has 0 aromatic rings. The first kappa shape index (κ1) is 13.2. The van der Waals surface area contributed by atoms with Crippen LogP contribution in [0.5, 0.6) is 0 Å². The van der Waals surface area contributed by atoms with Gasteiger partial charge in [-0.3, -0.25) is 9.59 Å². The van der Waals surface area contributed by atoms with Crippen molar-refractivity contribution in [3.8, 4) is 0 Å². The van der Waals surface area contributed by atoms with Gasteiger partial charge in [0.05, 0.1) is 6.42 Å². The van der Waals surface area contributed by atoms with Gasteiger partial charge < -0.3 is 14.6 Å². The van der Waals surface area contributed by atoms with Gasteiger partial charge in [0.1, 0.15) is 0 Å². The van der Waals surface area contributed by atoms with Crippen molar-refractivity contribution in [1.29, 1.82) is 0 Å². The Kier molecular flexibility index (Phi) is 9.27. The SMILES string of the molecule is O=COC(=O)CCC(=O)[O-].[Na+]. The smallest absolute Gasteiger partial charge is 0.550 e. The molecule has 0 aromatic carbocycles. The van der Waals surface area contributed by atoms with Crippen LogP contribution in [0, 0.1) is 0 Å². The van der Waals surface area contributed by atoms with Crippen LogP contribution in [0.3, 0.4) is 0 Å². The van der Waals surface area contributed by atoms with Crippen molar-refractivity contribution in [3.05, 3.63) is 0 Å². The van der Waals surface area contributed by atoms with Crippen LogP contribution >= 0.6 is 0 Å². The van der Waals surface area contributed by atoms with Gasteiger partial charge in [0.25, 0.3) is 0 Å². The second kappa shape index (κ2) is 7.71. The van der Waals surface area contributed by atoms with Crippen LogP contribution in [0.4, 0.5) is 0 Å². The summed E-state index contributed by atoms with van der Waals surface area (Å²) >= 11 is 0. The Labute approximate surface area is 85.0 Å². The maximum atomic E-state index is 10.2. The molecule has 0 aliphatic heterocycles. The summed E-state index contributed by atoms with van der Waals surface area (Å²) < 4.78 is 3.78. The van der Waals surface area contributed by atoms with Gasteiger partial charge in [-0.25, -0.2) is 0 Å². The van der Waals surface area contributed by atoms with E-state index in [1.54, 1.807) is 0 Å². The topological polar surface area (TPSA) is 83.5 Å². The molecule has 0 rings (SSSR count). The normalized spacial score (nSPS) is 7.64. The zero-order valence-corrected chi connectivity index (χ0v) is 8.03. The van der Waals surface area contributed by atoms with E-state index in [-0.39, 0.29) is 42.5 Å². The summed E-state index contributed by atoms with van der Waals surface area (Å²) in [7, 11) is 0. The van der Waals surface area contributed by atoms with Crippen molar-refractivity contribution in [3.63, 3.8) is 0 Å². The molecule has 5 nitrogen and oxygen atoms in total. The van der Waals surface area contributed by atoms with Crippen molar-refractivity contribution in [2.45, 2.75) is 12.8 Å². The van der Waals surface area contributed by atoms with Crippen LogP contribution in [-0.4, -0.2) is 18.4 Å². The van der Waals surface area contributed by atoms with Crippen molar-refractivity contribution < 1.29 is 53.8 Å². The molecule has 0 N–H and O–H groups in total. The summed E-state index contributed by atoms with van der Waals surface area (Å²) in [5.41, 5.74) is 0. The zero-order valence-electron chi connectivity index (χ0n) is 6.03. The Hall–Kier alpha value is -0.390. The molecule has 0 heterocycles. The largest absolute Gasteiger partial charge is 1.00 e. The van der Waals surface area contributed by atoms with Crippen LogP contribution in [0.15, 0.2) is 0 Å². The summed E-state index contributed by atoms with van der Waals surface area (Å²) in [6.07, 6.45) is -0.756. The third-order valence-electron chi connectivity index (χ3n) is 0.713. The van der Waals surface area contributed by atoms with Gasteiger partial charge in [-0.1, -0.05) is 0 Å². The van der Waals surface area contributed by atoms with E-state index in [9.17, 15) is 19.5 Å². The Morgan fingerprint density at radius 1 is 1.36 bits per heavy atom. The number of carboxylic acids is 1. The number of hydrogen-bond donors (Lipinski definition) is 0. The molecule has 0 saturated heterocycles. The fourth-order valence-electron chi connectivity index (χ4n) is 0.317. The minimum Gasteiger partial charge on any atom is -0.550 e. The number of rotatable bonds is 4. The molecule has 0 aliphatic rings. The van der Waals surface area contributed by atoms with Crippen LogP contribution in [0.1, 0.15) is 12.8 Å². The van der Waals surface area contributed by atoms with Crippen molar-refractivity contribution >= 4 is 18.4 Å². The van der Waals surface area contributed by atoms with E-state index >= 15 is 0 Å². The Bertz CT molecular complexity index is 155. The van der Waals surface area contributed by atoms with Crippen LogP contribution < -0.4 is 34.7 Å². The summed E-state index contributed by atoms with van der Waals surface area (Å²) in [5, 5.41) is 9.70. The molecular weight excluding hydrogens is 163 g/mol. The summed E-state index contributed by atoms with van der Waals surface area (Å²) in [5.74, 6) is -2.21. The fraction of sp³-hybridized carbons (Fsp3) is 0.400. The van der Waals surface area contributed by atoms with Crippen molar-refractivity contribution in [2.24, 2.45) is 0 Å². The number of hydrogen-bond acceptors (Lipinski definition) is 5. The first-order chi connectivity index (χ1) is 4.66. The first-order valence-corrected chi connectivity index (χ1v) is 2.50. The molecule has 0 aliphatic carbocycles. The monoisotopic (exact) mass is 168 g/mol. The molecule has 0 aromatic heterocycles. The predicted molar refractivity (Wildman–Crippen MR) is 26.4 cm³/mol. The minimum atomic E-state index is -1.34. The molecule has 0 atom stereocenters. The second-order valence-electron chi connectivity index (χ2n) is 1.46. The molecule has 0 radical (unpaired) electrons. The molecule has 0 unspecified atom stereocenters. The average Bonchev–Trinajstić information content (AvgIpc) is 1.85. The number of carbonyl (C=O) groups excluding carboxylic acids is 3. The molecule has 6 heteroatoms. The number of esters is 1. The van der Waals surface area contributed by atoms with Gasteiger partial charge in [-0.2, -0.15) is 0 Å². The quantitative estimate of drug-likeness (QED) is 0.182. The van der Waals surface area contributed by atoms with Gasteiger partial charge in [0.15, 0.2) is 0 Å². The second-order valence-corrected chi connectivity index (χ2v) is 1.46. The molecular formula is C5H5NaO5. The van der Waals surface area contributed by atoms with Crippen LogP contribution in [0.2, 0.25) is 0 Å². The maximum Gasteiger partial charge on any atom is 1.00 e. The fourth-order valence-corrected chi connectivity index (χ4v) is 0.317. The number of ether oxygens (including phenoxy) is 1. The standard InChI is InChI=1S/C5H6O5.Na/c6-3-10-5(9)2-1-4(7)8;/h3H,1-2H2,(H,7,8);/q;+1/p-1. The van der Waals surface area contributed by atoms with Gasteiger partial charge in [0, 0.05) is 5.97 Å². The molecule has 11 heavy (non-hydrogen) atoms. The third kappa shape index (κ3) is 9.61. The van der Waals surface area contributed by atoms with E-state index in [1.165, 1.54) is 0 Å². The van der Waals surface area contributed by atoms with Gasteiger partial charge >= 0.3 is 42.0 Å². The predicted octanol–water partition coefficient (Wildman–Crippen LogP) is -4.78. The van der Waals surface area contributed by atoms with E-state index in [0.29, 0.717) is 0 Å². The van der Waals surface area contributed by atoms with E-state index in [2.05, 4.69) is 4.74 Å². The number of carboxylic acid groups (broad SMARTS) is 1. The third-order valence-corrected chi connectivity index (χ3v) is 0.713. The first-order valence-electron chi connectivity index (χ1n) is 2.50. The van der Waals surface area contributed by atoms with Gasteiger partial charge in [-0.05, 0) is 6.42 Å².